The van der Waals surface area contributed by atoms with E-state index in [0.29, 0.717) is 5.84 Å². The summed E-state index contributed by atoms with van der Waals surface area (Å²) in [6.45, 7) is 0. The number of fused-ring (bicyclic) bond motifs is 7. The number of nitrogens with zero attached hydrogens (tertiary/aromatic N) is 2. The highest BCUT2D eigenvalue weighted by atomic mass is 15.2. The molecule has 9 aromatic rings. The van der Waals surface area contributed by atoms with Gasteiger partial charge in [0.1, 0.15) is 12.0 Å². The standard InChI is InChI=1S/C54H35N3/c1-3-13-34(14-4-1)40-19-9-20-41(33-40)53-56-51(38-15-5-2-6-16-38)55-52(57-53)39-31-27-35(28-32-39)42-22-12-26-47-50(42)43-21-7-8-23-44(43)54(47)45-24-10-17-36-29-30-37-18-11-25-46(54)49(37)48(36)45/h1-33,53H,(H,55,56,57). The lowest BCUT2D eigenvalue weighted by atomic mass is 9.70. The van der Waals surface area contributed by atoms with Crippen molar-refractivity contribution in [1.82, 2.24) is 5.32 Å². The van der Waals surface area contributed by atoms with Crippen LogP contribution in [0.15, 0.2) is 210 Å². The lowest BCUT2D eigenvalue weighted by Crippen LogP contribution is -2.33. The summed E-state index contributed by atoms with van der Waals surface area (Å²) in [6, 6.07) is 72.6. The second kappa shape index (κ2) is 12.3. The third kappa shape index (κ3) is 4.66. The summed E-state index contributed by atoms with van der Waals surface area (Å²) >= 11 is 0. The molecule has 266 valence electrons. The van der Waals surface area contributed by atoms with Crippen molar-refractivity contribution in [2.75, 3.05) is 0 Å². The maximum Gasteiger partial charge on any atom is 0.159 e. The summed E-state index contributed by atoms with van der Waals surface area (Å²) in [6.07, 6.45) is -0.300. The van der Waals surface area contributed by atoms with Gasteiger partial charge < -0.3 is 5.32 Å². The van der Waals surface area contributed by atoms with Crippen molar-refractivity contribution in [1.29, 1.82) is 0 Å². The van der Waals surface area contributed by atoms with Crippen LogP contribution in [0.3, 0.4) is 0 Å². The van der Waals surface area contributed by atoms with Crippen molar-refractivity contribution in [2.45, 2.75) is 11.6 Å². The Hall–Kier alpha value is -7.36. The Balaban J connectivity index is 0.969. The highest BCUT2D eigenvalue weighted by molar-refractivity contribution is 6.18. The molecule has 3 aliphatic rings. The summed E-state index contributed by atoms with van der Waals surface area (Å²) in [5.41, 5.74) is 15.5. The van der Waals surface area contributed by atoms with E-state index in [0.717, 1.165) is 28.1 Å². The molecule has 3 heteroatoms. The normalized spacial score (nSPS) is 15.7. The highest BCUT2D eigenvalue weighted by Gasteiger charge is 2.51. The van der Waals surface area contributed by atoms with Gasteiger partial charge in [0.15, 0.2) is 5.84 Å². The van der Waals surface area contributed by atoms with Crippen molar-refractivity contribution in [2.24, 2.45) is 9.98 Å². The minimum absolute atomic E-state index is 0.300. The van der Waals surface area contributed by atoms with Gasteiger partial charge in [0.2, 0.25) is 0 Å². The molecule has 0 radical (unpaired) electrons. The van der Waals surface area contributed by atoms with Crippen molar-refractivity contribution in [3.63, 3.8) is 0 Å². The highest BCUT2D eigenvalue weighted by Crippen LogP contribution is 2.63. The van der Waals surface area contributed by atoms with Gasteiger partial charge in [0, 0.05) is 11.1 Å². The zero-order chi connectivity index (χ0) is 37.5. The average molecular weight is 726 g/mol. The van der Waals surface area contributed by atoms with Crippen molar-refractivity contribution >= 4 is 33.2 Å². The van der Waals surface area contributed by atoms with E-state index >= 15 is 0 Å². The Labute approximate surface area is 331 Å². The first-order valence-electron chi connectivity index (χ1n) is 19.7. The number of hydrogen-bond acceptors (Lipinski definition) is 3. The maximum atomic E-state index is 5.15. The van der Waals surface area contributed by atoms with Crippen LogP contribution < -0.4 is 5.32 Å². The van der Waals surface area contributed by atoms with Gasteiger partial charge in [0.05, 0.1) is 5.41 Å². The third-order valence-electron chi connectivity index (χ3n) is 12.3. The number of aliphatic imine (C=N–C) groups is 2. The molecule has 0 bridgehead atoms. The molecule has 1 heterocycles. The fourth-order valence-electron chi connectivity index (χ4n) is 9.88. The lowest BCUT2D eigenvalue weighted by molar-refractivity contribution is 0.674. The number of hydrogen-bond donors (Lipinski definition) is 1. The van der Waals surface area contributed by atoms with Crippen LogP contribution in [0.25, 0.3) is 54.9 Å². The Morgan fingerprint density at radius 1 is 0.404 bits per heavy atom. The minimum Gasteiger partial charge on any atom is -0.344 e. The molecule has 1 unspecified atom stereocenters. The fraction of sp³-hybridized carbons (Fsp3) is 0.0370. The first-order chi connectivity index (χ1) is 28.3. The van der Waals surface area contributed by atoms with Gasteiger partial charge in [0.25, 0.3) is 0 Å². The van der Waals surface area contributed by atoms with E-state index in [1.165, 1.54) is 71.6 Å². The largest absolute Gasteiger partial charge is 0.344 e. The van der Waals surface area contributed by atoms with E-state index in [1.807, 2.05) is 18.2 Å². The summed E-state index contributed by atoms with van der Waals surface area (Å²) in [4.78, 5) is 10.3. The monoisotopic (exact) mass is 725 g/mol. The molecule has 57 heavy (non-hydrogen) atoms. The van der Waals surface area contributed by atoms with Gasteiger partial charge in [-0.3, -0.25) is 0 Å². The third-order valence-corrected chi connectivity index (χ3v) is 12.3. The Bertz CT molecular complexity index is 3080. The molecule has 1 spiro atoms. The molecule has 3 nitrogen and oxygen atoms in total. The molecule has 1 N–H and O–H groups in total. The van der Waals surface area contributed by atoms with Crippen LogP contribution in [-0.2, 0) is 5.41 Å². The fourth-order valence-corrected chi connectivity index (χ4v) is 9.88. The van der Waals surface area contributed by atoms with Crippen molar-refractivity contribution < 1.29 is 0 Å². The molecule has 12 rings (SSSR count). The van der Waals surface area contributed by atoms with Crippen LogP contribution in [0, 0.1) is 0 Å². The number of benzene rings is 9. The topological polar surface area (TPSA) is 36.8 Å². The number of rotatable bonds is 5. The van der Waals surface area contributed by atoms with Crippen LogP contribution in [0.4, 0.5) is 0 Å². The van der Waals surface area contributed by atoms with Crippen molar-refractivity contribution in [3.8, 4) is 33.4 Å². The van der Waals surface area contributed by atoms with Crippen LogP contribution in [-0.4, -0.2) is 11.7 Å². The van der Waals surface area contributed by atoms with Crippen LogP contribution >= 0.6 is 0 Å². The predicted octanol–water partition coefficient (Wildman–Crippen LogP) is 12.5. The Kier molecular flexibility index (Phi) is 6.91. The first kappa shape index (κ1) is 31.9. The molecular formula is C54H35N3. The molecule has 1 atom stereocenters. The molecule has 1 aliphatic heterocycles. The van der Waals surface area contributed by atoms with Crippen molar-refractivity contribution in [3.05, 3.63) is 239 Å². The quantitative estimate of drug-likeness (QED) is 0.176. The molecule has 2 aliphatic carbocycles. The minimum atomic E-state index is -0.384. The molecule has 0 amide bonds. The molecule has 0 aromatic heterocycles. The average Bonchev–Trinajstić information content (AvgIpc) is 3.77. The van der Waals surface area contributed by atoms with E-state index in [1.54, 1.807) is 0 Å². The van der Waals surface area contributed by atoms with E-state index in [9.17, 15) is 0 Å². The van der Waals surface area contributed by atoms with Gasteiger partial charge in [-0.05, 0) is 88.8 Å². The van der Waals surface area contributed by atoms with E-state index < -0.39 is 0 Å². The zero-order valence-electron chi connectivity index (χ0n) is 31.0. The number of nitrogens with one attached hydrogen (secondary N) is 1. The molecule has 0 saturated heterocycles. The van der Waals surface area contributed by atoms with Gasteiger partial charge in [-0.15, -0.1) is 0 Å². The molecular weight excluding hydrogens is 691 g/mol. The van der Waals surface area contributed by atoms with Gasteiger partial charge in [-0.2, -0.15) is 0 Å². The smallest absolute Gasteiger partial charge is 0.159 e. The Morgan fingerprint density at radius 2 is 0.965 bits per heavy atom. The first-order valence-corrected chi connectivity index (χ1v) is 19.7. The van der Waals surface area contributed by atoms with Crippen LogP contribution in [0.1, 0.15) is 45.1 Å². The molecule has 0 fully saturated rings. The zero-order valence-corrected chi connectivity index (χ0v) is 31.0. The summed E-state index contributed by atoms with van der Waals surface area (Å²) in [7, 11) is 0. The summed E-state index contributed by atoms with van der Waals surface area (Å²) in [5.74, 6) is 1.52. The number of amidine groups is 2. The SMILES string of the molecule is c1ccc(C2=NC(c3cccc(-c4ccccc4)c3)NC(c3ccc(-c4cccc5c4-c4ccccc4C54c5cccc6ccc7cccc4c7c56)cc3)=N2)cc1. The van der Waals surface area contributed by atoms with Gasteiger partial charge >= 0.3 is 0 Å². The summed E-state index contributed by atoms with van der Waals surface area (Å²) in [5, 5.41) is 9.06. The summed E-state index contributed by atoms with van der Waals surface area (Å²) < 4.78 is 0. The van der Waals surface area contributed by atoms with Crippen LogP contribution in [0.5, 0.6) is 0 Å². The Morgan fingerprint density at radius 3 is 1.70 bits per heavy atom. The molecule has 9 aromatic carbocycles. The van der Waals surface area contributed by atoms with Crippen LogP contribution in [0.2, 0.25) is 0 Å². The van der Waals surface area contributed by atoms with E-state index in [-0.39, 0.29) is 11.6 Å². The predicted molar refractivity (Wildman–Crippen MR) is 235 cm³/mol. The lowest BCUT2D eigenvalue weighted by Gasteiger charge is -2.31. The maximum absolute atomic E-state index is 5.15. The second-order valence-electron chi connectivity index (χ2n) is 15.3. The molecule has 0 saturated carbocycles. The van der Waals surface area contributed by atoms with Gasteiger partial charge in [-0.1, -0.05) is 194 Å². The van der Waals surface area contributed by atoms with Gasteiger partial charge in [-0.25, -0.2) is 9.98 Å². The van der Waals surface area contributed by atoms with E-state index in [4.69, 9.17) is 9.98 Å². The van der Waals surface area contributed by atoms with E-state index in [2.05, 4.69) is 187 Å². The second-order valence-corrected chi connectivity index (χ2v) is 15.3.